The van der Waals surface area contributed by atoms with Crippen LogP contribution in [0.5, 0.6) is 0 Å². The van der Waals surface area contributed by atoms with Crippen molar-refractivity contribution in [2.45, 2.75) is 6.18 Å². The van der Waals surface area contributed by atoms with E-state index < -0.39 is 17.6 Å². The standard InChI is InChI=1S/C15H9F3N4O2/c16-15(17,18)11-4-2-10(3-5-11)14(23)20-19-8-9-1-6-12-13(7-9)22-24-21-12/h1-8H,(H,20,23). The molecule has 0 aliphatic heterocycles. The number of nitrogens with one attached hydrogen (secondary N) is 1. The lowest BCUT2D eigenvalue weighted by Crippen LogP contribution is -2.18. The minimum absolute atomic E-state index is 0.0660. The van der Waals surface area contributed by atoms with E-state index in [2.05, 4.69) is 25.5 Å². The molecule has 0 atom stereocenters. The molecule has 0 saturated heterocycles. The second-order valence-electron chi connectivity index (χ2n) is 4.79. The molecule has 0 fully saturated rings. The molecule has 9 heteroatoms. The highest BCUT2D eigenvalue weighted by Gasteiger charge is 2.30. The van der Waals surface area contributed by atoms with Crippen LogP contribution in [0.25, 0.3) is 11.0 Å². The maximum Gasteiger partial charge on any atom is 0.416 e. The smallest absolute Gasteiger partial charge is 0.267 e. The molecule has 3 aromatic rings. The topological polar surface area (TPSA) is 80.4 Å². The van der Waals surface area contributed by atoms with E-state index in [4.69, 9.17) is 0 Å². The van der Waals surface area contributed by atoms with Crippen LogP contribution >= 0.6 is 0 Å². The predicted octanol–water partition coefficient (Wildman–Crippen LogP) is 3.01. The van der Waals surface area contributed by atoms with Gasteiger partial charge in [0.25, 0.3) is 5.91 Å². The summed E-state index contributed by atoms with van der Waals surface area (Å²) in [7, 11) is 0. The van der Waals surface area contributed by atoms with E-state index >= 15 is 0 Å². The molecule has 1 heterocycles. The summed E-state index contributed by atoms with van der Waals surface area (Å²) in [5.74, 6) is -0.621. The van der Waals surface area contributed by atoms with Gasteiger partial charge in [-0.05, 0) is 52.3 Å². The average Bonchev–Trinajstić information content (AvgIpc) is 3.02. The Bertz CT molecular complexity index is 901. The van der Waals surface area contributed by atoms with Gasteiger partial charge in [0.15, 0.2) is 0 Å². The van der Waals surface area contributed by atoms with Gasteiger partial charge in [-0.3, -0.25) is 4.79 Å². The van der Waals surface area contributed by atoms with Crippen molar-refractivity contribution < 1.29 is 22.6 Å². The third-order valence-corrected chi connectivity index (χ3v) is 3.13. The van der Waals surface area contributed by atoms with Gasteiger partial charge in [-0.1, -0.05) is 6.07 Å². The minimum Gasteiger partial charge on any atom is -0.267 e. The number of carbonyl (C=O) groups excluding carboxylic acids is 1. The van der Waals surface area contributed by atoms with E-state index in [9.17, 15) is 18.0 Å². The van der Waals surface area contributed by atoms with Crippen LogP contribution in [0, 0.1) is 0 Å². The molecule has 0 spiro atoms. The highest BCUT2D eigenvalue weighted by Crippen LogP contribution is 2.29. The van der Waals surface area contributed by atoms with Gasteiger partial charge in [-0.2, -0.15) is 18.3 Å². The Morgan fingerprint density at radius 1 is 1.08 bits per heavy atom. The summed E-state index contributed by atoms with van der Waals surface area (Å²) < 4.78 is 41.9. The number of hydrogen-bond acceptors (Lipinski definition) is 5. The number of benzene rings is 2. The van der Waals surface area contributed by atoms with E-state index in [1.54, 1.807) is 18.2 Å². The van der Waals surface area contributed by atoms with Crippen LogP contribution in [0.15, 0.2) is 52.2 Å². The van der Waals surface area contributed by atoms with Crippen molar-refractivity contribution in [1.29, 1.82) is 0 Å². The van der Waals surface area contributed by atoms with Crippen LogP contribution in [-0.2, 0) is 6.18 Å². The van der Waals surface area contributed by atoms with Crippen molar-refractivity contribution in [3.8, 4) is 0 Å². The quantitative estimate of drug-likeness (QED) is 0.590. The average molecular weight is 334 g/mol. The van der Waals surface area contributed by atoms with E-state index in [-0.39, 0.29) is 5.56 Å². The number of alkyl halides is 3. The maximum atomic E-state index is 12.5. The lowest BCUT2D eigenvalue weighted by molar-refractivity contribution is -0.137. The summed E-state index contributed by atoms with van der Waals surface area (Å²) in [5.41, 5.74) is 3.24. The highest BCUT2D eigenvalue weighted by atomic mass is 19.4. The Morgan fingerprint density at radius 3 is 2.50 bits per heavy atom. The highest BCUT2D eigenvalue weighted by molar-refractivity contribution is 5.95. The molecule has 3 rings (SSSR count). The minimum atomic E-state index is -4.44. The Hall–Kier alpha value is -3.23. The van der Waals surface area contributed by atoms with Crippen LogP contribution in [0.3, 0.4) is 0 Å². The zero-order valence-electron chi connectivity index (χ0n) is 11.9. The first-order valence-electron chi connectivity index (χ1n) is 6.66. The number of amides is 1. The zero-order valence-corrected chi connectivity index (χ0v) is 11.9. The van der Waals surface area contributed by atoms with Crippen LogP contribution < -0.4 is 5.43 Å². The second kappa shape index (κ2) is 6.11. The van der Waals surface area contributed by atoms with Gasteiger partial charge in [0.1, 0.15) is 11.0 Å². The molecule has 6 nitrogen and oxygen atoms in total. The number of carbonyl (C=O) groups is 1. The molecule has 1 aromatic heterocycles. The van der Waals surface area contributed by atoms with Gasteiger partial charge in [-0.25, -0.2) is 10.1 Å². The first-order chi connectivity index (χ1) is 11.4. The van der Waals surface area contributed by atoms with Gasteiger partial charge in [0.2, 0.25) is 0 Å². The van der Waals surface area contributed by atoms with Gasteiger partial charge in [-0.15, -0.1) is 0 Å². The molecule has 0 aliphatic rings. The molecule has 0 aliphatic carbocycles. The van der Waals surface area contributed by atoms with Crippen LogP contribution in [0.1, 0.15) is 21.5 Å². The van der Waals surface area contributed by atoms with Crippen LogP contribution in [-0.4, -0.2) is 22.4 Å². The summed E-state index contributed by atoms with van der Waals surface area (Å²) in [5, 5.41) is 11.1. The number of fused-ring (bicyclic) bond motifs is 1. The molecular formula is C15H9F3N4O2. The summed E-state index contributed by atoms with van der Waals surface area (Å²) >= 11 is 0. The fourth-order valence-electron chi connectivity index (χ4n) is 1.92. The van der Waals surface area contributed by atoms with E-state index in [1.165, 1.54) is 6.21 Å². The van der Waals surface area contributed by atoms with Crippen LogP contribution in [0.2, 0.25) is 0 Å². The van der Waals surface area contributed by atoms with Gasteiger partial charge in [0.05, 0.1) is 11.8 Å². The number of hydrazone groups is 1. The largest absolute Gasteiger partial charge is 0.416 e. The van der Waals surface area contributed by atoms with E-state index in [0.717, 1.165) is 24.3 Å². The fraction of sp³-hybridized carbons (Fsp3) is 0.0667. The Balaban J connectivity index is 1.66. The SMILES string of the molecule is O=C(NN=Cc1ccc2nonc2c1)c1ccc(C(F)(F)F)cc1. The Kier molecular flexibility index (Phi) is 3.98. The summed E-state index contributed by atoms with van der Waals surface area (Å²) in [6.07, 6.45) is -3.07. The van der Waals surface area contributed by atoms with Crippen molar-refractivity contribution in [3.05, 3.63) is 59.2 Å². The van der Waals surface area contributed by atoms with Crippen molar-refractivity contribution in [2.75, 3.05) is 0 Å². The van der Waals surface area contributed by atoms with Gasteiger partial charge < -0.3 is 0 Å². The molecule has 24 heavy (non-hydrogen) atoms. The van der Waals surface area contributed by atoms with Crippen molar-refractivity contribution in [1.82, 2.24) is 15.7 Å². The predicted molar refractivity (Wildman–Crippen MR) is 78.3 cm³/mol. The third-order valence-electron chi connectivity index (χ3n) is 3.13. The van der Waals surface area contributed by atoms with E-state index in [0.29, 0.717) is 16.6 Å². The van der Waals surface area contributed by atoms with Gasteiger partial charge >= 0.3 is 6.18 Å². The molecule has 2 aromatic carbocycles. The molecular weight excluding hydrogens is 325 g/mol. The normalized spacial score (nSPS) is 12.0. The first kappa shape index (κ1) is 15.7. The molecule has 1 amide bonds. The lowest BCUT2D eigenvalue weighted by Gasteiger charge is -2.06. The fourth-order valence-corrected chi connectivity index (χ4v) is 1.92. The van der Waals surface area contributed by atoms with Gasteiger partial charge in [0, 0.05) is 5.56 Å². The Labute approximate surface area is 132 Å². The molecule has 1 N–H and O–H groups in total. The number of rotatable bonds is 3. The number of nitrogens with zero attached hydrogens (tertiary/aromatic N) is 3. The molecule has 122 valence electrons. The number of halogens is 3. The Morgan fingerprint density at radius 2 is 1.79 bits per heavy atom. The summed E-state index contributed by atoms with van der Waals surface area (Å²) in [4.78, 5) is 11.8. The maximum absolute atomic E-state index is 12.5. The van der Waals surface area contributed by atoms with Crippen molar-refractivity contribution in [2.24, 2.45) is 5.10 Å². The second-order valence-corrected chi connectivity index (χ2v) is 4.79. The third kappa shape index (κ3) is 3.40. The molecule has 0 saturated carbocycles. The molecule has 0 unspecified atom stereocenters. The number of aromatic nitrogens is 2. The van der Waals surface area contributed by atoms with E-state index in [1.807, 2.05) is 0 Å². The molecule has 0 bridgehead atoms. The zero-order chi connectivity index (χ0) is 17.2. The van der Waals surface area contributed by atoms with Crippen LogP contribution in [0.4, 0.5) is 13.2 Å². The van der Waals surface area contributed by atoms with Crippen molar-refractivity contribution >= 4 is 23.2 Å². The number of hydrogen-bond donors (Lipinski definition) is 1. The first-order valence-corrected chi connectivity index (χ1v) is 6.66. The summed E-state index contributed by atoms with van der Waals surface area (Å²) in [6.45, 7) is 0. The van der Waals surface area contributed by atoms with Crippen molar-refractivity contribution in [3.63, 3.8) is 0 Å². The molecule has 0 radical (unpaired) electrons. The monoisotopic (exact) mass is 334 g/mol. The summed E-state index contributed by atoms with van der Waals surface area (Å²) in [6, 6.07) is 8.86. The lowest BCUT2D eigenvalue weighted by atomic mass is 10.1.